The smallest absolute Gasteiger partial charge is 0.0551 e. The summed E-state index contributed by atoms with van der Waals surface area (Å²) in [6.45, 7) is 1.75. The van der Waals surface area contributed by atoms with E-state index in [1.807, 2.05) is 36.1 Å². The van der Waals surface area contributed by atoms with E-state index >= 15 is 0 Å². The first-order valence-corrected chi connectivity index (χ1v) is 6.95. The minimum absolute atomic E-state index is 0.751. The molecule has 0 saturated carbocycles. The molecular formula is C13H15BrClN3. The van der Waals surface area contributed by atoms with E-state index in [0.29, 0.717) is 0 Å². The zero-order valence-corrected chi connectivity index (χ0v) is 12.5. The molecule has 18 heavy (non-hydrogen) atoms. The van der Waals surface area contributed by atoms with Crippen LogP contribution in [0.25, 0.3) is 0 Å². The summed E-state index contributed by atoms with van der Waals surface area (Å²) in [5.74, 6) is 0. The summed E-state index contributed by atoms with van der Waals surface area (Å²) in [7, 11) is 1.96. The zero-order valence-electron chi connectivity index (χ0n) is 10.2. The summed E-state index contributed by atoms with van der Waals surface area (Å²) in [6, 6.07) is 8.05. The molecule has 3 nitrogen and oxygen atoms in total. The van der Waals surface area contributed by atoms with Gasteiger partial charge in [-0.3, -0.25) is 4.68 Å². The van der Waals surface area contributed by atoms with E-state index in [-0.39, 0.29) is 0 Å². The Bertz CT molecular complexity index is 525. The van der Waals surface area contributed by atoms with Gasteiger partial charge in [-0.1, -0.05) is 17.7 Å². The molecule has 0 spiro atoms. The largest absolute Gasteiger partial charge is 0.312 e. The van der Waals surface area contributed by atoms with Crippen molar-refractivity contribution in [2.75, 3.05) is 6.54 Å². The third-order valence-electron chi connectivity index (χ3n) is 2.79. The lowest BCUT2D eigenvalue weighted by atomic mass is 10.2. The number of halogens is 2. The highest BCUT2D eigenvalue weighted by Gasteiger charge is 2.00. The molecule has 0 unspecified atom stereocenters. The Morgan fingerprint density at radius 2 is 2.22 bits per heavy atom. The quantitative estimate of drug-likeness (QED) is 0.854. The zero-order chi connectivity index (χ0) is 13.0. The topological polar surface area (TPSA) is 29.9 Å². The Morgan fingerprint density at radius 3 is 2.89 bits per heavy atom. The van der Waals surface area contributed by atoms with Gasteiger partial charge in [0.05, 0.1) is 5.02 Å². The van der Waals surface area contributed by atoms with Crippen LogP contribution in [0, 0.1) is 0 Å². The van der Waals surface area contributed by atoms with Crippen molar-refractivity contribution in [3.63, 3.8) is 0 Å². The van der Waals surface area contributed by atoms with Gasteiger partial charge in [-0.15, -0.1) is 0 Å². The lowest BCUT2D eigenvalue weighted by Crippen LogP contribution is -2.17. The third kappa shape index (κ3) is 3.57. The summed E-state index contributed by atoms with van der Waals surface area (Å²) >= 11 is 9.43. The number of aryl methyl sites for hydroxylation is 1. The third-order valence-corrected chi connectivity index (χ3v) is 4.03. The van der Waals surface area contributed by atoms with Crippen LogP contribution in [0.5, 0.6) is 0 Å². The number of rotatable bonds is 5. The van der Waals surface area contributed by atoms with Crippen LogP contribution in [0.15, 0.2) is 34.9 Å². The molecule has 0 amide bonds. The SMILES string of the molecule is Cn1nccc1CCNCc1ccc(Br)c(Cl)c1. The van der Waals surface area contributed by atoms with Gasteiger partial charge < -0.3 is 5.32 Å². The Hall–Kier alpha value is -0.840. The summed E-state index contributed by atoms with van der Waals surface area (Å²) in [4.78, 5) is 0. The number of nitrogens with one attached hydrogen (secondary N) is 1. The molecule has 5 heteroatoms. The second kappa shape index (κ2) is 6.36. The van der Waals surface area contributed by atoms with Gasteiger partial charge in [0.2, 0.25) is 0 Å². The van der Waals surface area contributed by atoms with Gasteiger partial charge in [-0.05, 0) is 39.7 Å². The highest BCUT2D eigenvalue weighted by molar-refractivity contribution is 9.10. The molecule has 0 fully saturated rings. The molecule has 0 saturated heterocycles. The van der Waals surface area contributed by atoms with Crippen LogP contribution in [0.3, 0.4) is 0 Å². The Labute approximate surface area is 120 Å². The van der Waals surface area contributed by atoms with Gasteiger partial charge in [0.1, 0.15) is 0 Å². The molecule has 2 rings (SSSR count). The maximum absolute atomic E-state index is 6.04. The predicted octanol–water partition coefficient (Wildman–Crippen LogP) is 3.17. The number of nitrogens with zero attached hydrogens (tertiary/aromatic N) is 2. The standard InChI is InChI=1S/C13H15BrClN3/c1-18-11(5-7-17-18)4-6-16-9-10-2-3-12(14)13(15)8-10/h2-3,5,7-8,16H,4,6,9H2,1H3. The second-order valence-electron chi connectivity index (χ2n) is 4.12. The van der Waals surface area contributed by atoms with Gasteiger partial charge in [0.25, 0.3) is 0 Å². The van der Waals surface area contributed by atoms with Gasteiger partial charge in [0, 0.05) is 42.9 Å². The average Bonchev–Trinajstić information content (AvgIpc) is 2.75. The van der Waals surface area contributed by atoms with Crippen LogP contribution >= 0.6 is 27.5 Å². The molecule has 1 N–H and O–H groups in total. The van der Waals surface area contributed by atoms with Crippen LogP contribution in [-0.4, -0.2) is 16.3 Å². The van der Waals surface area contributed by atoms with E-state index in [1.165, 1.54) is 11.3 Å². The van der Waals surface area contributed by atoms with Crippen molar-refractivity contribution in [2.24, 2.45) is 7.05 Å². The van der Waals surface area contributed by atoms with E-state index in [2.05, 4.69) is 32.4 Å². The van der Waals surface area contributed by atoms with E-state index in [1.54, 1.807) is 0 Å². The van der Waals surface area contributed by atoms with Crippen molar-refractivity contribution < 1.29 is 0 Å². The fourth-order valence-electron chi connectivity index (χ4n) is 1.75. The summed E-state index contributed by atoms with van der Waals surface area (Å²) in [5.41, 5.74) is 2.42. The fraction of sp³-hybridized carbons (Fsp3) is 0.308. The molecule has 0 aliphatic rings. The van der Waals surface area contributed by atoms with Crippen molar-refractivity contribution >= 4 is 27.5 Å². The molecule has 0 atom stereocenters. The number of aromatic nitrogens is 2. The first-order valence-electron chi connectivity index (χ1n) is 5.78. The Balaban J connectivity index is 1.78. The van der Waals surface area contributed by atoms with Crippen molar-refractivity contribution in [2.45, 2.75) is 13.0 Å². The fourth-order valence-corrected chi connectivity index (χ4v) is 2.20. The molecular weight excluding hydrogens is 314 g/mol. The molecule has 0 aliphatic carbocycles. The van der Waals surface area contributed by atoms with Gasteiger partial charge in [-0.25, -0.2) is 0 Å². The molecule has 0 aliphatic heterocycles. The minimum atomic E-state index is 0.751. The highest BCUT2D eigenvalue weighted by Crippen LogP contribution is 2.22. The predicted molar refractivity (Wildman–Crippen MR) is 77.8 cm³/mol. The number of hydrogen-bond donors (Lipinski definition) is 1. The van der Waals surface area contributed by atoms with E-state index in [9.17, 15) is 0 Å². The number of benzene rings is 1. The van der Waals surface area contributed by atoms with Crippen LogP contribution in [0.2, 0.25) is 5.02 Å². The lowest BCUT2D eigenvalue weighted by Gasteiger charge is -2.06. The van der Waals surface area contributed by atoms with Crippen LogP contribution in [0.4, 0.5) is 0 Å². The van der Waals surface area contributed by atoms with Crippen LogP contribution in [0.1, 0.15) is 11.3 Å². The molecule has 1 aromatic heterocycles. The number of hydrogen-bond acceptors (Lipinski definition) is 2. The molecule has 0 radical (unpaired) electrons. The summed E-state index contributed by atoms with van der Waals surface area (Å²) in [6.07, 6.45) is 2.80. The summed E-state index contributed by atoms with van der Waals surface area (Å²) < 4.78 is 2.83. The maximum Gasteiger partial charge on any atom is 0.0551 e. The normalized spacial score (nSPS) is 10.8. The molecule has 96 valence electrons. The Morgan fingerprint density at radius 1 is 1.39 bits per heavy atom. The summed E-state index contributed by atoms with van der Waals surface area (Å²) in [5, 5.41) is 8.29. The van der Waals surface area contributed by atoms with E-state index in [4.69, 9.17) is 11.6 Å². The van der Waals surface area contributed by atoms with Crippen molar-refractivity contribution in [1.29, 1.82) is 0 Å². The first kappa shape index (κ1) is 13.6. The first-order chi connectivity index (χ1) is 8.66. The van der Waals surface area contributed by atoms with E-state index < -0.39 is 0 Å². The van der Waals surface area contributed by atoms with Crippen LogP contribution in [-0.2, 0) is 20.0 Å². The average molecular weight is 329 g/mol. The Kier molecular flexibility index (Phi) is 4.80. The van der Waals surface area contributed by atoms with Gasteiger partial charge in [-0.2, -0.15) is 5.10 Å². The molecule has 1 aromatic carbocycles. The lowest BCUT2D eigenvalue weighted by molar-refractivity contribution is 0.643. The maximum atomic E-state index is 6.04. The van der Waals surface area contributed by atoms with Gasteiger partial charge >= 0.3 is 0 Å². The van der Waals surface area contributed by atoms with Crippen molar-refractivity contribution in [3.05, 3.63) is 51.2 Å². The van der Waals surface area contributed by atoms with E-state index in [0.717, 1.165) is 29.0 Å². The van der Waals surface area contributed by atoms with Crippen LogP contribution < -0.4 is 5.32 Å². The second-order valence-corrected chi connectivity index (χ2v) is 5.38. The van der Waals surface area contributed by atoms with Crippen molar-refractivity contribution in [1.82, 2.24) is 15.1 Å². The monoisotopic (exact) mass is 327 g/mol. The highest BCUT2D eigenvalue weighted by atomic mass is 79.9. The molecule has 0 bridgehead atoms. The molecule has 1 heterocycles. The molecule has 2 aromatic rings. The van der Waals surface area contributed by atoms with Crippen molar-refractivity contribution in [3.8, 4) is 0 Å². The van der Waals surface area contributed by atoms with Gasteiger partial charge in [0.15, 0.2) is 0 Å². The minimum Gasteiger partial charge on any atom is -0.312 e.